The largest absolute Gasteiger partial charge is 0.497 e. The second-order valence-electron chi connectivity index (χ2n) is 5.24. The Morgan fingerprint density at radius 3 is 2.59 bits per heavy atom. The first-order valence-electron chi connectivity index (χ1n) is 6.00. The quantitative estimate of drug-likeness (QED) is 0.836. The molecule has 1 aromatic carbocycles. The molecule has 0 aliphatic heterocycles. The normalized spacial score (nSPS) is 11.6. The van der Waals surface area contributed by atoms with E-state index in [4.69, 9.17) is 4.74 Å². The molecule has 0 fully saturated rings. The van der Waals surface area contributed by atoms with Crippen molar-refractivity contribution in [3.63, 3.8) is 0 Å². The summed E-state index contributed by atoms with van der Waals surface area (Å²) in [5.41, 5.74) is 1.51. The molecule has 0 aliphatic carbocycles. The number of hydrogen-bond donors (Lipinski definition) is 1. The van der Waals surface area contributed by atoms with E-state index in [0.717, 1.165) is 29.6 Å². The minimum atomic E-state index is 0.200. The van der Waals surface area contributed by atoms with Crippen molar-refractivity contribution < 1.29 is 4.74 Å². The third-order valence-electron chi connectivity index (χ3n) is 2.53. The maximum atomic E-state index is 5.23. The molecule has 0 unspecified atom stereocenters. The Morgan fingerprint density at radius 2 is 2.00 bits per heavy atom. The van der Waals surface area contributed by atoms with Crippen molar-refractivity contribution in [3.8, 4) is 5.75 Å². The van der Waals surface area contributed by atoms with Gasteiger partial charge in [-0.2, -0.15) is 0 Å². The molecule has 0 aliphatic rings. The molecule has 0 heterocycles. The number of aryl methyl sites for hydroxylation is 1. The molecule has 0 atom stereocenters. The summed E-state index contributed by atoms with van der Waals surface area (Å²) < 4.78 is 6.40. The molecule has 0 amide bonds. The number of methoxy groups -OCH3 is 1. The summed E-state index contributed by atoms with van der Waals surface area (Å²) in [6.07, 6.45) is 2.18. The van der Waals surface area contributed by atoms with Gasteiger partial charge in [-0.15, -0.1) is 0 Å². The smallest absolute Gasteiger partial charge is 0.119 e. The first-order valence-corrected chi connectivity index (χ1v) is 6.79. The van der Waals surface area contributed by atoms with Crippen molar-refractivity contribution in [2.45, 2.75) is 39.2 Å². The van der Waals surface area contributed by atoms with E-state index in [1.807, 2.05) is 12.1 Å². The highest BCUT2D eigenvalue weighted by Gasteiger charge is 2.08. The molecular weight excluding hydrogens is 278 g/mol. The molecule has 0 radical (unpaired) electrons. The maximum absolute atomic E-state index is 5.23. The first kappa shape index (κ1) is 14.5. The molecule has 0 spiro atoms. The van der Waals surface area contributed by atoms with Gasteiger partial charge in [-0.1, -0.05) is 15.9 Å². The lowest BCUT2D eigenvalue weighted by Crippen LogP contribution is -2.36. The van der Waals surface area contributed by atoms with Crippen molar-refractivity contribution >= 4 is 15.9 Å². The van der Waals surface area contributed by atoms with Crippen molar-refractivity contribution in [3.05, 3.63) is 28.2 Å². The predicted molar refractivity (Wildman–Crippen MR) is 76.8 cm³/mol. The number of nitrogens with one attached hydrogen (secondary N) is 1. The summed E-state index contributed by atoms with van der Waals surface area (Å²) in [5.74, 6) is 0.923. The van der Waals surface area contributed by atoms with Crippen molar-refractivity contribution in [1.82, 2.24) is 5.32 Å². The van der Waals surface area contributed by atoms with Gasteiger partial charge in [-0.05, 0) is 63.9 Å². The lowest BCUT2D eigenvalue weighted by Gasteiger charge is -2.20. The number of rotatable bonds is 5. The van der Waals surface area contributed by atoms with Gasteiger partial charge < -0.3 is 10.1 Å². The summed E-state index contributed by atoms with van der Waals surface area (Å²) in [4.78, 5) is 0. The van der Waals surface area contributed by atoms with Crippen LogP contribution in [0.5, 0.6) is 5.75 Å². The predicted octanol–water partition coefficient (Wildman–Crippen LogP) is 3.78. The van der Waals surface area contributed by atoms with Crippen LogP contribution >= 0.6 is 15.9 Å². The SMILES string of the molecule is COc1ccc(Br)c(CCCNC(C)(C)C)c1. The lowest BCUT2D eigenvalue weighted by molar-refractivity contribution is 0.412. The van der Waals surface area contributed by atoms with Gasteiger partial charge >= 0.3 is 0 Å². The number of hydrogen-bond acceptors (Lipinski definition) is 2. The van der Waals surface area contributed by atoms with Crippen LogP contribution in [0.25, 0.3) is 0 Å². The van der Waals surface area contributed by atoms with E-state index < -0.39 is 0 Å². The Hall–Kier alpha value is -0.540. The molecule has 1 N–H and O–H groups in total. The molecular formula is C14H22BrNO. The molecule has 1 aromatic rings. The standard InChI is InChI=1S/C14H22BrNO/c1-14(2,3)16-9-5-6-11-10-12(17-4)7-8-13(11)15/h7-8,10,16H,5-6,9H2,1-4H3. The summed E-state index contributed by atoms with van der Waals surface area (Å²) in [5, 5.41) is 3.49. The molecule has 2 nitrogen and oxygen atoms in total. The zero-order valence-corrected chi connectivity index (χ0v) is 12.7. The highest BCUT2D eigenvalue weighted by atomic mass is 79.9. The minimum Gasteiger partial charge on any atom is -0.497 e. The van der Waals surface area contributed by atoms with Crippen molar-refractivity contribution in [2.24, 2.45) is 0 Å². The van der Waals surface area contributed by atoms with Crippen molar-refractivity contribution in [1.29, 1.82) is 0 Å². The van der Waals surface area contributed by atoms with Gasteiger partial charge in [0.2, 0.25) is 0 Å². The fourth-order valence-corrected chi connectivity index (χ4v) is 2.06. The van der Waals surface area contributed by atoms with E-state index in [1.54, 1.807) is 7.11 Å². The third kappa shape index (κ3) is 5.55. The second-order valence-corrected chi connectivity index (χ2v) is 6.09. The maximum Gasteiger partial charge on any atom is 0.119 e. The highest BCUT2D eigenvalue weighted by Crippen LogP contribution is 2.23. The molecule has 3 heteroatoms. The molecule has 0 saturated heterocycles. The Labute approximate surface area is 113 Å². The molecule has 0 saturated carbocycles. The van der Waals surface area contributed by atoms with Crippen LogP contribution in [0.3, 0.4) is 0 Å². The van der Waals surface area contributed by atoms with E-state index in [9.17, 15) is 0 Å². The van der Waals surface area contributed by atoms with E-state index in [1.165, 1.54) is 5.56 Å². The average molecular weight is 300 g/mol. The second kappa shape index (κ2) is 6.41. The number of halogens is 1. The van der Waals surface area contributed by atoms with Gasteiger partial charge in [0.15, 0.2) is 0 Å². The van der Waals surface area contributed by atoms with Crippen LogP contribution in [-0.2, 0) is 6.42 Å². The fourth-order valence-electron chi connectivity index (χ4n) is 1.61. The van der Waals surface area contributed by atoms with Crippen LogP contribution in [-0.4, -0.2) is 19.2 Å². The van der Waals surface area contributed by atoms with Gasteiger partial charge in [-0.3, -0.25) is 0 Å². The molecule has 0 aromatic heterocycles. The number of ether oxygens (including phenoxy) is 1. The minimum absolute atomic E-state index is 0.200. The van der Waals surface area contributed by atoms with Gasteiger partial charge in [-0.25, -0.2) is 0 Å². The van der Waals surface area contributed by atoms with Gasteiger partial charge in [0.25, 0.3) is 0 Å². The van der Waals surface area contributed by atoms with Gasteiger partial charge in [0.05, 0.1) is 7.11 Å². The third-order valence-corrected chi connectivity index (χ3v) is 3.30. The summed E-state index contributed by atoms with van der Waals surface area (Å²) in [7, 11) is 1.70. The summed E-state index contributed by atoms with van der Waals surface area (Å²) in [6, 6.07) is 6.12. The van der Waals surface area contributed by atoms with Crippen LogP contribution in [0.1, 0.15) is 32.8 Å². The van der Waals surface area contributed by atoms with Crippen LogP contribution in [0.2, 0.25) is 0 Å². The van der Waals surface area contributed by atoms with Crippen LogP contribution < -0.4 is 10.1 Å². The zero-order chi connectivity index (χ0) is 12.9. The fraction of sp³-hybridized carbons (Fsp3) is 0.571. The Kier molecular flexibility index (Phi) is 5.47. The highest BCUT2D eigenvalue weighted by molar-refractivity contribution is 9.10. The van der Waals surface area contributed by atoms with Gasteiger partial charge in [0, 0.05) is 10.0 Å². The van der Waals surface area contributed by atoms with E-state index in [0.29, 0.717) is 0 Å². The summed E-state index contributed by atoms with van der Waals surface area (Å²) >= 11 is 3.58. The monoisotopic (exact) mass is 299 g/mol. The summed E-state index contributed by atoms with van der Waals surface area (Å²) in [6.45, 7) is 7.60. The Bertz CT molecular complexity index is 358. The van der Waals surface area contributed by atoms with Crippen LogP contribution in [0.15, 0.2) is 22.7 Å². The lowest BCUT2D eigenvalue weighted by atomic mass is 10.1. The van der Waals surface area contributed by atoms with E-state index >= 15 is 0 Å². The molecule has 96 valence electrons. The average Bonchev–Trinajstić information content (AvgIpc) is 2.25. The Morgan fingerprint density at radius 1 is 1.29 bits per heavy atom. The Balaban J connectivity index is 2.46. The first-order chi connectivity index (χ1) is 7.92. The van der Waals surface area contributed by atoms with E-state index in [-0.39, 0.29) is 5.54 Å². The van der Waals surface area contributed by atoms with Crippen LogP contribution in [0.4, 0.5) is 0 Å². The zero-order valence-electron chi connectivity index (χ0n) is 11.1. The van der Waals surface area contributed by atoms with E-state index in [2.05, 4.69) is 48.1 Å². The topological polar surface area (TPSA) is 21.3 Å². The molecule has 17 heavy (non-hydrogen) atoms. The molecule has 1 rings (SSSR count). The molecule has 0 bridgehead atoms. The number of benzene rings is 1. The van der Waals surface area contributed by atoms with Gasteiger partial charge in [0.1, 0.15) is 5.75 Å². The van der Waals surface area contributed by atoms with Crippen LogP contribution in [0, 0.1) is 0 Å². The van der Waals surface area contributed by atoms with Crippen molar-refractivity contribution in [2.75, 3.05) is 13.7 Å².